The minimum absolute atomic E-state index is 0.0872. The molecule has 0 aromatic heterocycles. The highest BCUT2D eigenvalue weighted by Gasteiger charge is 2.24. The molecule has 0 fully saturated rings. The van der Waals surface area contributed by atoms with Gasteiger partial charge in [0, 0.05) is 12.0 Å². The molecule has 2 aromatic carbocycles. The molecule has 0 heterocycles. The Morgan fingerprint density at radius 1 is 0.958 bits per heavy atom. The highest BCUT2D eigenvalue weighted by molar-refractivity contribution is 6.15. The zero-order valence-electron chi connectivity index (χ0n) is 13.1. The first-order valence-electron chi connectivity index (χ1n) is 7.39. The molecule has 2 N–H and O–H groups in total. The summed E-state index contributed by atoms with van der Waals surface area (Å²) in [5, 5.41) is 18.9. The summed E-state index contributed by atoms with van der Waals surface area (Å²) in [4.78, 5) is 37.0. The Kier molecular flexibility index (Phi) is 5.31. The van der Waals surface area contributed by atoms with Crippen LogP contribution in [0.4, 0.5) is 5.69 Å². The van der Waals surface area contributed by atoms with E-state index in [1.54, 1.807) is 31.2 Å². The highest BCUT2D eigenvalue weighted by atomic mass is 16.4. The van der Waals surface area contributed by atoms with Gasteiger partial charge in [-0.2, -0.15) is 0 Å². The number of carboxylic acids is 1. The summed E-state index contributed by atoms with van der Waals surface area (Å²) < 4.78 is 0. The third-order valence-corrected chi connectivity index (χ3v) is 3.49. The van der Waals surface area contributed by atoms with E-state index < -0.39 is 24.2 Å². The van der Waals surface area contributed by atoms with Crippen LogP contribution in [0.15, 0.2) is 48.5 Å². The molecule has 0 aliphatic carbocycles. The molecule has 0 saturated carbocycles. The fourth-order valence-corrected chi connectivity index (χ4v) is 2.35. The predicted molar refractivity (Wildman–Crippen MR) is 88.3 cm³/mol. The quantitative estimate of drug-likeness (QED) is 0.795. The van der Waals surface area contributed by atoms with E-state index in [4.69, 9.17) is 5.11 Å². The number of carbonyl (C=O) groups excluding carboxylic acids is 2. The topological polar surface area (TPSA) is 94.9 Å². The molecule has 6 nitrogen and oxygen atoms in total. The van der Waals surface area contributed by atoms with Gasteiger partial charge in [0.1, 0.15) is 12.3 Å². The van der Waals surface area contributed by atoms with Crippen molar-refractivity contribution >= 4 is 23.3 Å². The molecule has 0 saturated heterocycles. The first-order valence-corrected chi connectivity index (χ1v) is 7.39. The number of carboxylic acid groups (broad SMARTS) is 1. The SMILES string of the molecule is CCC(=O)N(CC(=O)O)c1ccccc1C(=O)c1ccccc1O. The molecule has 124 valence electrons. The lowest BCUT2D eigenvalue weighted by molar-refractivity contribution is -0.136. The molecule has 0 atom stereocenters. The van der Waals surface area contributed by atoms with Crippen molar-refractivity contribution in [1.29, 1.82) is 0 Å². The number of aliphatic carboxylic acids is 1. The van der Waals surface area contributed by atoms with Gasteiger partial charge in [-0.25, -0.2) is 0 Å². The molecule has 2 rings (SSSR count). The van der Waals surface area contributed by atoms with Crippen LogP contribution in [-0.2, 0) is 9.59 Å². The second-order valence-electron chi connectivity index (χ2n) is 5.09. The number of hydrogen-bond acceptors (Lipinski definition) is 4. The summed E-state index contributed by atoms with van der Waals surface area (Å²) in [5.41, 5.74) is 0.450. The summed E-state index contributed by atoms with van der Waals surface area (Å²) in [5.74, 6) is -2.25. The maximum absolute atomic E-state index is 12.7. The Bertz CT molecular complexity index is 784. The Balaban J connectivity index is 2.53. The number of benzene rings is 2. The minimum Gasteiger partial charge on any atom is -0.507 e. The molecule has 0 aliphatic heterocycles. The van der Waals surface area contributed by atoms with E-state index in [0.717, 1.165) is 4.90 Å². The van der Waals surface area contributed by atoms with Crippen molar-refractivity contribution in [2.75, 3.05) is 11.4 Å². The van der Waals surface area contributed by atoms with Crippen molar-refractivity contribution in [2.45, 2.75) is 13.3 Å². The molecule has 0 radical (unpaired) electrons. The van der Waals surface area contributed by atoms with E-state index in [1.807, 2.05) is 0 Å². The van der Waals surface area contributed by atoms with Crippen LogP contribution in [0.1, 0.15) is 29.3 Å². The lowest BCUT2D eigenvalue weighted by Gasteiger charge is -2.23. The first kappa shape index (κ1) is 17.2. The third kappa shape index (κ3) is 3.60. The number of nitrogens with zero attached hydrogens (tertiary/aromatic N) is 1. The van der Waals surface area contributed by atoms with Crippen LogP contribution in [0.25, 0.3) is 0 Å². The van der Waals surface area contributed by atoms with Crippen molar-refractivity contribution in [3.8, 4) is 5.75 Å². The first-order chi connectivity index (χ1) is 11.5. The molecule has 0 aliphatic rings. The Morgan fingerprint density at radius 3 is 2.12 bits per heavy atom. The standard InChI is InChI=1S/C18H17NO5/c1-2-16(21)19(11-17(22)23)14-9-5-3-7-12(14)18(24)13-8-4-6-10-15(13)20/h3-10,20H,2,11H2,1H3,(H,22,23). The van der Waals surface area contributed by atoms with E-state index in [0.29, 0.717) is 0 Å². The second kappa shape index (κ2) is 7.41. The number of para-hydroxylation sites is 2. The molecule has 6 heteroatoms. The summed E-state index contributed by atoms with van der Waals surface area (Å²) >= 11 is 0. The molecule has 0 unspecified atom stereocenters. The summed E-state index contributed by atoms with van der Waals surface area (Å²) in [6.45, 7) is 1.07. The van der Waals surface area contributed by atoms with E-state index in [2.05, 4.69) is 0 Å². The van der Waals surface area contributed by atoms with Gasteiger partial charge >= 0.3 is 5.97 Å². The normalized spacial score (nSPS) is 10.2. The molecule has 0 bridgehead atoms. The van der Waals surface area contributed by atoms with Crippen LogP contribution in [0.5, 0.6) is 5.75 Å². The van der Waals surface area contributed by atoms with Gasteiger partial charge in [-0.15, -0.1) is 0 Å². The smallest absolute Gasteiger partial charge is 0.323 e. The number of aromatic hydroxyl groups is 1. The fraction of sp³-hybridized carbons (Fsp3) is 0.167. The second-order valence-corrected chi connectivity index (χ2v) is 5.09. The number of phenolic OH excluding ortho intramolecular Hbond substituents is 1. The molecule has 2 aromatic rings. The molecule has 24 heavy (non-hydrogen) atoms. The van der Waals surface area contributed by atoms with Crippen LogP contribution in [0.2, 0.25) is 0 Å². The van der Waals surface area contributed by atoms with E-state index in [-0.39, 0.29) is 29.0 Å². The van der Waals surface area contributed by atoms with Crippen LogP contribution in [0, 0.1) is 0 Å². The fourth-order valence-electron chi connectivity index (χ4n) is 2.35. The number of ketones is 1. The average molecular weight is 327 g/mol. The number of anilines is 1. The maximum atomic E-state index is 12.7. The summed E-state index contributed by atoms with van der Waals surface area (Å²) in [7, 11) is 0. The number of phenols is 1. The van der Waals surface area contributed by atoms with Crippen LogP contribution >= 0.6 is 0 Å². The number of rotatable bonds is 6. The van der Waals surface area contributed by atoms with Crippen LogP contribution < -0.4 is 4.90 Å². The van der Waals surface area contributed by atoms with Crippen molar-refractivity contribution in [1.82, 2.24) is 0 Å². The van der Waals surface area contributed by atoms with E-state index in [1.165, 1.54) is 24.3 Å². The number of amides is 1. The Morgan fingerprint density at radius 2 is 1.54 bits per heavy atom. The monoisotopic (exact) mass is 327 g/mol. The highest BCUT2D eigenvalue weighted by Crippen LogP contribution is 2.27. The summed E-state index contributed by atoms with van der Waals surface area (Å²) in [6, 6.07) is 12.3. The van der Waals surface area contributed by atoms with Crippen molar-refractivity contribution in [3.05, 3.63) is 59.7 Å². The lowest BCUT2D eigenvalue weighted by atomic mass is 10.00. The molecule has 1 amide bonds. The number of hydrogen-bond donors (Lipinski definition) is 2. The zero-order valence-corrected chi connectivity index (χ0v) is 13.1. The predicted octanol–water partition coefficient (Wildman–Crippen LogP) is 2.45. The zero-order chi connectivity index (χ0) is 17.7. The third-order valence-electron chi connectivity index (χ3n) is 3.49. The molecule has 0 spiro atoms. The maximum Gasteiger partial charge on any atom is 0.323 e. The molecular formula is C18H17NO5. The van der Waals surface area contributed by atoms with E-state index in [9.17, 15) is 19.5 Å². The van der Waals surface area contributed by atoms with Crippen LogP contribution in [-0.4, -0.2) is 34.4 Å². The van der Waals surface area contributed by atoms with Gasteiger partial charge in [-0.1, -0.05) is 31.2 Å². The van der Waals surface area contributed by atoms with E-state index >= 15 is 0 Å². The van der Waals surface area contributed by atoms with Gasteiger partial charge in [0.25, 0.3) is 0 Å². The van der Waals surface area contributed by atoms with Crippen molar-refractivity contribution < 1.29 is 24.6 Å². The van der Waals surface area contributed by atoms with Gasteiger partial charge in [-0.05, 0) is 24.3 Å². The molecular weight excluding hydrogens is 310 g/mol. The Hall–Kier alpha value is -3.15. The van der Waals surface area contributed by atoms with Crippen LogP contribution in [0.3, 0.4) is 0 Å². The van der Waals surface area contributed by atoms with Crippen molar-refractivity contribution in [2.24, 2.45) is 0 Å². The lowest BCUT2D eigenvalue weighted by Crippen LogP contribution is -2.36. The van der Waals surface area contributed by atoms with Gasteiger partial charge in [0.05, 0.1) is 11.3 Å². The largest absolute Gasteiger partial charge is 0.507 e. The summed E-state index contributed by atoms with van der Waals surface area (Å²) in [6.07, 6.45) is 0.104. The van der Waals surface area contributed by atoms with Gasteiger partial charge in [0.2, 0.25) is 5.91 Å². The van der Waals surface area contributed by atoms with Gasteiger partial charge in [0.15, 0.2) is 5.78 Å². The average Bonchev–Trinajstić information content (AvgIpc) is 2.58. The number of carbonyl (C=O) groups is 3. The Labute approximate surface area is 139 Å². The minimum atomic E-state index is -1.18. The van der Waals surface area contributed by atoms with Gasteiger partial charge in [-0.3, -0.25) is 14.4 Å². The van der Waals surface area contributed by atoms with Gasteiger partial charge < -0.3 is 15.1 Å². The van der Waals surface area contributed by atoms with Crippen molar-refractivity contribution in [3.63, 3.8) is 0 Å².